The lowest BCUT2D eigenvalue weighted by Gasteiger charge is -2.30. The zero-order chi connectivity index (χ0) is 28.6. The van der Waals surface area contributed by atoms with E-state index in [1.54, 1.807) is 18.2 Å². The van der Waals surface area contributed by atoms with Crippen LogP contribution in [0.1, 0.15) is 55.8 Å². The molecule has 0 radical (unpaired) electrons. The maximum Gasteiger partial charge on any atom is 0.226 e. The zero-order valence-electron chi connectivity index (χ0n) is 22.7. The molecule has 2 atom stereocenters. The Morgan fingerprint density at radius 2 is 1.76 bits per heavy atom. The second-order valence-electron chi connectivity index (χ2n) is 11.3. The predicted molar refractivity (Wildman–Crippen MR) is 153 cm³/mol. The molecule has 10 heteroatoms. The molecule has 2 unspecified atom stereocenters. The second-order valence-corrected chi connectivity index (χ2v) is 13.6. The number of rotatable bonds is 6. The molecule has 1 amide bonds. The monoisotopic (exact) mass is 569 g/mol. The van der Waals surface area contributed by atoms with Crippen LogP contribution < -0.4 is 10.2 Å². The van der Waals surface area contributed by atoms with Gasteiger partial charge in [0.1, 0.15) is 17.0 Å². The van der Waals surface area contributed by atoms with Crippen molar-refractivity contribution in [1.82, 2.24) is 10.3 Å². The molecule has 3 aromatic rings. The Bertz CT molecular complexity index is 1650. The molecule has 41 heavy (non-hydrogen) atoms. The van der Waals surface area contributed by atoms with Crippen molar-refractivity contribution in [2.45, 2.75) is 50.0 Å². The van der Waals surface area contributed by atoms with Crippen molar-refractivity contribution in [3.05, 3.63) is 59.9 Å². The van der Waals surface area contributed by atoms with Gasteiger partial charge in [0.2, 0.25) is 11.8 Å². The number of sulfone groups is 1. The van der Waals surface area contributed by atoms with Gasteiger partial charge in [-0.3, -0.25) is 4.79 Å². The summed E-state index contributed by atoms with van der Waals surface area (Å²) in [5.74, 6) is 0.657. The third kappa shape index (κ3) is 5.57. The van der Waals surface area contributed by atoms with Crippen LogP contribution in [0.4, 0.5) is 5.69 Å². The van der Waals surface area contributed by atoms with Gasteiger partial charge >= 0.3 is 0 Å². The maximum atomic E-state index is 13.5. The first-order valence-electron chi connectivity index (χ1n) is 14.1. The van der Waals surface area contributed by atoms with Gasteiger partial charge in [-0.05, 0) is 56.0 Å². The summed E-state index contributed by atoms with van der Waals surface area (Å²) in [6.45, 7) is 0.915. The van der Waals surface area contributed by atoms with E-state index in [9.17, 15) is 23.7 Å². The highest BCUT2D eigenvalue weighted by molar-refractivity contribution is 7.91. The average Bonchev–Trinajstić information content (AvgIpc) is 3.63. The Kier molecular flexibility index (Phi) is 7.04. The van der Waals surface area contributed by atoms with Gasteiger partial charge in [0.25, 0.3) is 0 Å². The summed E-state index contributed by atoms with van der Waals surface area (Å²) in [6, 6.07) is 19.4. The quantitative estimate of drug-likeness (QED) is 0.456. The van der Waals surface area contributed by atoms with Gasteiger partial charge in [-0.15, -0.1) is 0 Å². The third-order valence-corrected chi connectivity index (χ3v) is 10.1. The molecule has 2 saturated carbocycles. The van der Waals surface area contributed by atoms with Crippen LogP contribution in [0, 0.1) is 28.6 Å². The number of oxazole rings is 1. The van der Waals surface area contributed by atoms with Crippen LogP contribution in [0.15, 0.2) is 52.9 Å². The molecule has 1 N–H and O–H groups in total. The van der Waals surface area contributed by atoms with Gasteiger partial charge in [0.05, 0.1) is 29.2 Å². The number of carbonyl (C=O) groups excluding carboxylic acids is 1. The molecule has 0 bridgehead atoms. The minimum atomic E-state index is -2.98. The highest BCUT2D eigenvalue weighted by Gasteiger charge is 2.47. The highest BCUT2D eigenvalue weighted by atomic mass is 32.2. The van der Waals surface area contributed by atoms with E-state index in [4.69, 9.17) is 9.40 Å². The largest absolute Gasteiger partial charge is 0.440 e. The fourth-order valence-corrected chi connectivity index (χ4v) is 7.11. The number of hydrogen-bond acceptors (Lipinski definition) is 8. The Hall–Kier alpha value is -4.15. The van der Waals surface area contributed by atoms with Crippen molar-refractivity contribution >= 4 is 21.4 Å². The SMILES string of the molecule is N#Cc1cccc(-c2nc(-c3ccc(N4CCS(=O)(=O)CC4)cc3)c(C3CCCCC3C(=O)NC3(C#N)CC3)o2)c1. The van der Waals surface area contributed by atoms with Gasteiger partial charge in [0, 0.05) is 41.7 Å². The van der Waals surface area contributed by atoms with Crippen LogP contribution in [-0.4, -0.2) is 49.4 Å². The number of carbonyl (C=O) groups is 1. The van der Waals surface area contributed by atoms with Crippen molar-refractivity contribution in [3.63, 3.8) is 0 Å². The van der Waals surface area contributed by atoms with Crippen LogP contribution in [0.3, 0.4) is 0 Å². The molecule has 1 saturated heterocycles. The minimum absolute atomic E-state index is 0.112. The molecule has 2 aromatic carbocycles. The van der Waals surface area contributed by atoms with Crippen LogP contribution in [-0.2, 0) is 14.6 Å². The summed E-state index contributed by atoms with van der Waals surface area (Å²) in [7, 11) is -2.98. The summed E-state index contributed by atoms with van der Waals surface area (Å²) < 4.78 is 30.2. The summed E-state index contributed by atoms with van der Waals surface area (Å²) in [5.41, 5.74) is 2.87. The van der Waals surface area contributed by atoms with Crippen molar-refractivity contribution in [2.75, 3.05) is 29.5 Å². The predicted octanol–water partition coefficient (Wildman–Crippen LogP) is 4.56. The first-order chi connectivity index (χ1) is 19.8. The first-order valence-corrected chi connectivity index (χ1v) is 15.9. The molecule has 3 fully saturated rings. The standard InChI is InChI=1S/C31H31N5O4S/c32-19-21-4-3-5-23(18-21)30-34-27(22-8-10-24(11-9-22)36-14-16-41(38,39)17-15-36)28(40-30)25-6-1-2-7-26(25)29(37)35-31(20-33)12-13-31/h3-5,8-11,18,25-26H,1-2,6-7,12-17H2,(H,35,37). The van der Waals surface area contributed by atoms with Crippen LogP contribution in [0.5, 0.6) is 0 Å². The number of hydrogen-bond donors (Lipinski definition) is 1. The summed E-state index contributed by atoms with van der Waals surface area (Å²) in [4.78, 5) is 20.4. The molecule has 210 valence electrons. The smallest absolute Gasteiger partial charge is 0.226 e. The fraction of sp³-hybridized carbons (Fsp3) is 0.419. The Morgan fingerprint density at radius 1 is 1.02 bits per heavy atom. The molecular formula is C31H31N5O4S. The van der Waals surface area contributed by atoms with Crippen molar-refractivity contribution in [2.24, 2.45) is 5.92 Å². The van der Waals surface area contributed by atoms with Gasteiger partial charge in [-0.25, -0.2) is 13.4 Å². The van der Waals surface area contributed by atoms with Crippen molar-refractivity contribution in [3.8, 4) is 34.8 Å². The molecule has 6 rings (SSSR count). The van der Waals surface area contributed by atoms with Crippen LogP contribution >= 0.6 is 0 Å². The van der Waals surface area contributed by atoms with E-state index in [2.05, 4.69) is 22.4 Å². The third-order valence-electron chi connectivity index (χ3n) is 8.51. The molecule has 1 aliphatic heterocycles. The zero-order valence-corrected chi connectivity index (χ0v) is 23.5. The summed E-state index contributed by atoms with van der Waals surface area (Å²) in [6.07, 6.45) is 4.69. The Balaban J connectivity index is 1.36. The van der Waals surface area contributed by atoms with E-state index in [0.29, 0.717) is 60.8 Å². The van der Waals surface area contributed by atoms with Gasteiger partial charge in [-0.2, -0.15) is 10.5 Å². The number of nitrogens with one attached hydrogen (secondary N) is 1. The molecule has 0 spiro atoms. The number of amides is 1. The molecular weight excluding hydrogens is 538 g/mol. The first kappa shape index (κ1) is 27.0. The number of nitrogens with zero attached hydrogens (tertiary/aromatic N) is 4. The lowest BCUT2D eigenvalue weighted by Crippen LogP contribution is -2.42. The molecule has 3 aliphatic rings. The minimum Gasteiger partial charge on any atom is -0.440 e. The Morgan fingerprint density at radius 3 is 2.44 bits per heavy atom. The Labute approximate surface area is 239 Å². The van der Waals surface area contributed by atoms with E-state index in [0.717, 1.165) is 30.5 Å². The fourth-order valence-electron chi connectivity index (χ4n) is 5.91. The molecule has 9 nitrogen and oxygen atoms in total. The number of nitriles is 2. The molecule has 2 heterocycles. The molecule has 1 aromatic heterocycles. The van der Waals surface area contributed by atoms with Gasteiger partial charge < -0.3 is 14.6 Å². The van der Waals surface area contributed by atoms with Crippen molar-refractivity contribution in [1.29, 1.82) is 10.5 Å². The van der Waals surface area contributed by atoms with E-state index >= 15 is 0 Å². The lowest BCUT2D eigenvalue weighted by atomic mass is 9.76. The normalized spacial score (nSPS) is 22.7. The number of anilines is 1. The van der Waals surface area contributed by atoms with Crippen molar-refractivity contribution < 1.29 is 17.6 Å². The van der Waals surface area contributed by atoms with E-state index in [-0.39, 0.29) is 29.2 Å². The maximum absolute atomic E-state index is 13.5. The number of benzene rings is 2. The summed E-state index contributed by atoms with van der Waals surface area (Å²) >= 11 is 0. The highest BCUT2D eigenvalue weighted by Crippen LogP contribution is 2.45. The average molecular weight is 570 g/mol. The van der Waals surface area contributed by atoms with Gasteiger partial charge in [0.15, 0.2) is 9.84 Å². The van der Waals surface area contributed by atoms with E-state index < -0.39 is 15.4 Å². The van der Waals surface area contributed by atoms with Gasteiger partial charge in [-0.1, -0.05) is 31.0 Å². The second kappa shape index (κ2) is 10.7. The van der Waals surface area contributed by atoms with Crippen LogP contribution in [0.25, 0.3) is 22.7 Å². The molecule has 2 aliphatic carbocycles. The topological polar surface area (TPSA) is 140 Å². The van der Waals surface area contributed by atoms with E-state index in [1.165, 1.54) is 0 Å². The van der Waals surface area contributed by atoms with Crippen LogP contribution in [0.2, 0.25) is 0 Å². The number of aromatic nitrogens is 1. The summed E-state index contributed by atoms with van der Waals surface area (Å²) in [5, 5.41) is 22.0. The lowest BCUT2D eigenvalue weighted by molar-refractivity contribution is -0.127. The van der Waals surface area contributed by atoms with E-state index in [1.807, 2.05) is 30.3 Å².